The first-order chi connectivity index (χ1) is 11.2. The summed E-state index contributed by atoms with van der Waals surface area (Å²) in [6.45, 7) is 13.7. The molecule has 0 saturated carbocycles. The molecule has 0 N–H and O–H groups in total. The maximum atomic E-state index is 5.73. The molecule has 0 aliphatic rings. The molecule has 2 aromatic rings. The Balaban J connectivity index is 2.41. The third kappa shape index (κ3) is 4.51. The molecule has 0 fully saturated rings. The summed E-state index contributed by atoms with van der Waals surface area (Å²) in [7, 11) is 0. The second kappa shape index (κ2) is 7.57. The number of hydrogen-bond acceptors (Lipinski definition) is 1. The molecule has 0 unspecified atom stereocenters. The number of benzene rings is 2. The normalized spacial score (nSPS) is 12.0. The molecule has 24 heavy (non-hydrogen) atoms. The van der Waals surface area contributed by atoms with Gasteiger partial charge < -0.3 is 4.74 Å². The van der Waals surface area contributed by atoms with Gasteiger partial charge in [0.15, 0.2) is 0 Å². The number of ether oxygens (including phenoxy) is 1. The van der Waals surface area contributed by atoms with Gasteiger partial charge in [-0.25, -0.2) is 0 Å². The second-order valence-electron chi connectivity index (χ2n) is 7.21. The lowest BCUT2D eigenvalue weighted by Gasteiger charge is -2.20. The maximum absolute atomic E-state index is 5.73. The van der Waals surface area contributed by atoms with Gasteiger partial charge in [0, 0.05) is 4.47 Å². The lowest BCUT2D eigenvalue weighted by Crippen LogP contribution is -2.11. The lowest BCUT2D eigenvalue weighted by molar-refractivity contribution is 0.337. The SMILES string of the molecule is CCOc1cc(Br)cc(/C=C/c2cc(C(C)(C)C)ccc2C)c1C. The van der Waals surface area contributed by atoms with Gasteiger partial charge in [0.1, 0.15) is 5.75 Å². The van der Waals surface area contributed by atoms with E-state index in [2.05, 4.69) is 87.0 Å². The molecular weight excluding hydrogens is 360 g/mol. The van der Waals surface area contributed by atoms with Gasteiger partial charge >= 0.3 is 0 Å². The fraction of sp³-hybridized carbons (Fsp3) is 0.364. The van der Waals surface area contributed by atoms with Crippen molar-refractivity contribution in [1.82, 2.24) is 0 Å². The van der Waals surface area contributed by atoms with Crippen LogP contribution >= 0.6 is 15.9 Å². The largest absolute Gasteiger partial charge is 0.494 e. The average Bonchev–Trinajstić information content (AvgIpc) is 2.49. The molecule has 128 valence electrons. The smallest absolute Gasteiger partial charge is 0.123 e. The molecule has 0 saturated heterocycles. The van der Waals surface area contributed by atoms with Gasteiger partial charge in [-0.15, -0.1) is 0 Å². The highest BCUT2D eigenvalue weighted by molar-refractivity contribution is 9.10. The average molecular weight is 387 g/mol. The molecule has 1 nitrogen and oxygen atoms in total. The molecule has 0 heterocycles. The zero-order chi connectivity index (χ0) is 17.9. The maximum Gasteiger partial charge on any atom is 0.123 e. The van der Waals surface area contributed by atoms with Gasteiger partial charge in [0.25, 0.3) is 0 Å². The zero-order valence-electron chi connectivity index (χ0n) is 15.5. The highest BCUT2D eigenvalue weighted by Gasteiger charge is 2.14. The number of hydrogen-bond donors (Lipinski definition) is 0. The highest BCUT2D eigenvalue weighted by atomic mass is 79.9. The third-order valence-electron chi connectivity index (χ3n) is 4.25. The van der Waals surface area contributed by atoms with Crippen molar-refractivity contribution in [3.63, 3.8) is 0 Å². The van der Waals surface area contributed by atoms with E-state index in [0.29, 0.717) is 6.61 Å². The van der Waals surface area contributed by atoms with E-state index in [1.165, 1.54) is 27.8 Å². The molecule has 0 atom stereocenters. The molecule has 0 radical (unpaired) electrons. The monoisotopic (exact) mass is 386 g/mol. The molecule has 2 heteroatoms. The molecule has 0 aliphatic carbocycles. The first-order valence-electron chi connectivity index (χ1n) is 8.44. The fourth-order valence-electron chi connectivity index (χ4n) is 2.62. The van der Waals surface area contributed by atoms with Crippen molar-refractivity contribution in [1.29, 1.82) is 0 Å². The van der Waals surface area contributed by atoms with Crippen molar-refractivity contribution in [2.75, 3.05) is 6.61 Å². The Hall–Kier alpha value is -1.54. The Kier molecular flexibility index (Phi) is 5.92. The minimum atomic E-state index is 0.157. The van der Waals surface area contributed by atoms with E-state index in [0.717, 1.165) is 10.2 Å². The van der Waals surface area contributed by atoms with Crippen LogP contribution < -0.4 is 4.74 Å². The highest BCUT2D eigenvalue weighted by Crippen LogP contribution is 2.29. The van der Waals surface area contributed by atoms with Crippen LogP contribution in [0.5, 0.6) is 5.75 Å². The molecule has 0 amide bonds. The van der Waals surface area contributed by atoms with E-state index in [-0.39, 0.29) is 5.41 Å². The summed E-state index contributed by atoms with van der Waals surface area (Å²) in [6.07, 6.45) is 4.38. The van der Waals surface area contributed by atoms with E-state index in [1.54, 1.807) is 0 Å². The van der Waals surface area contributed by atoms with Crippen molar-refractivity contribution in [2.45, 2.75) is 47.0 Å². The van der Waals surface area contributed by atoms with E-state index >= 15 is 0 Å². The van der Waals surface area contributed by atoms with Crippen LogP contribution in [-0.2, 0) is 5.41 Å². The van der Waals surface area contributed by atoms with E-state index in [4.69, 9.17) is 4.74 Å². The number of rotatable bonds is 4. The summed E-state index contributed by atoms with van der Waals surface area (Å²) in [5.74, 6) is 0.937. The summed E-state index contributed by atoms with van der Waals surface area (Å²) < 4.78 is 6.77. The van der Waals surface area contributed by atoms with Gasteiger partial charge in [-0.05, 0) is 66.1 Å². The van der Waals surface area contributed by atoms with Gasteiger partial charge in [-0.1, -0.05) is 67.1 Å². The van der Waals surface area contributed by atoms with Gasteiger partial charge in [0.2, 0.25) is 0 Å². The first-order valence-corrected chi connectivity index (χ1v) is 9.24. The number of halogens is 1. The van der Waals surface area contributed by atoms with Crippen LogP contribution in [0.1, 0.15) is 55.5 Å². The van der Waals surface area contributed by atoms with Crippen molar-refractivity contribution in [2.24, 2.45) is 0 Å². The Morgan fingerprint density at radius 1 is 1.00 bits per heavy atom. The number of aryl methyl sites for hydroxylation is 1. The summed E-state index contributed by atoms with van der Waals surface area (Å²) >= 11 is 3.58. The predicted octanol–water partition coefficient (Wildman–Crippen LogP) is 6.93. The Morgan fingerprint density at radius 2 is 1.67 bits per heavy atom. The third-order valence-corrected chi connectivity index (χ3v) is 4.71. The van der Waals surface area contributed by atoms with E-state index in [9.17, 15) is 0 Å². The molecule has 0 aromatic heterocycles. The molecule has 0 spiro atoms. The first kappa shape index (κ1) is 18.8. The van der Waals surface area contributed by atoms with E-state index in [1.807, 2.05) is 13.0 Å². The summed E-state index contributed by atoms with van der Waals surface area (Å²) in [4.78, 5) is 0. The van der Waals surface area contributed by atoms with Crippen LogP contribution in [0.4, 0.5) is 0 Å². The minimum Gasteiger partial charge on any atom is -0.494 e. The van der Waals surface area contributed by atoms with Gasteiger partial charge in [0.05, 0.1) is 6.61 Å². The Morgan fingerprint density at radius 3 is 2.29 bits per heavy atom. The standard InChI is InChI=1S/C22H27BrO/c1-7-24-21-14-20(23)13-18(16(21)3)10-9-17-12-19(22(4,5)6)11-8-15(17)2/h8-14H,7H2,1-6H3/b10-9+. The van der Waals surface area contributed by atoms with Crippen LogP contribution in [0.15, 0.2) is 34.8 Å². The van der Waals surface area contributed by atoms with Gasteiger partial charge in [-0.2, -0.15) is 0 Å². The lowest BCUT2D eigenvalue weighted by atomic mass is 9.85. The summed E-state index contributed by atoms with van der Waals surface area (Å²) in [5, 5.41) is 0. The molecular formula is C22H27BrO. The summed E-state index contributed by atoms with van der Waals surface area (Å²) in [6, 6.07) is 10.9. The van der Waals surface area contributed by atoms with Crippen LogP contribution in [0, 0.1) is 13.8 Å². The topological polar surface area (TPSA) is 9.23 Å². The molecule has 2 aromatic carbocycles. The zero-order valence-corrected chi connectivity index (χ0v) is 17.1. The summed E-state index contributed by atoms with van der Waals surface area (Å²) in [5.41, 5.74) is 6.41. The van der Waals surface area contributed by atoms with Crippen molar-refractivity contribution in [3.05, 3.63) is 62.6 Å². The van der Waals surface area contributed by atoms with Crippen LogP contribution in [-0.4, -0.2) is 6.61 Å². The minimum absolute atomic E-state index is 0.157. The quantitative estimate of drug-likeness (QED) is 0.517. The molecule has 2 rings (SSSR count). The van der Waals surface area contributed by atoms with Crippen LogP contribution in [0.3, 0.4) is 0 Å². The van der Waals surface area contributed by atoms with Crippen LogP contribution in [0.2, 0.25) is 0 Å². The Bertz CT molecular complexity index is 751. The second-order valence-corrected chi connectivity index (χ2v) is 8.12. The Labute approximate surface area is 154 Å². The van der Waals surface area contributed by atoms with Crippen LogP contribution in [0.25, 0.3) is 12.2 Å². The van der Waals surface area contributed by atoms with Crippen molar-refractivity contribution < 1.29 is 4.74 Å². The molecule has 0 bridgehead atoms. The fourth-order valence-corrected chi connectivity index (χ4v) is 3.07. The van der Waals surface area contributed by atoms with Crippen molar-refractivity contribution in [3.8, 4) is 5.75 Å². The van der Waals surface area contributed by atoms with Crippen molar-refractivity contribution >= 4 is 28.1 Å². The molecule has 0 aliphatic heterocycles. The van der Waals surface area contributed by atoms with E-state index < -0.39 is 0 Å². The predicted molar refractivity (Wildman–Crippen MR) is 109 cm³/mol. The van der Waals surface area contributed by atoms with Gasteiger partial charge in [-0.3, -0.25) is 0 Å².